The zero-order valence-corrected chi connectivity index (χ0v) is 12.3. The van der Waals surface area contributed by atoms with Crippen LogP contribution in [0.15, 0.2) is 0 Å². The Bertz CT molecular complexity index is 520. The molecule has 1 aromatic rings. The first kappa shape index (κ1) is 14.1. The lowest BCUT2D eigenvalue weighted by molar-refractivity contribution is -0.125. The lowest BCUT2D eigenvalue weighted by Gasteiger charge is -2.23. The van der Waals surface area contributed by atoms with E-state index in [1.165, 1.54) is 0 Å². The number of hydrogen-bond donors (Lipinski definition) is 1. The van der Waals surface area contributed by atoms with Gasteiger partial charge in [-0.25, -0.2) is 9.97 Å². The lowest BCUT2D eigenvalue weighted by atomic mass is 9.89. The van der Waals surface area contributed by atoms with Crippen LogP contribution >= 0.6 is 11.6 Å². The molecule has 1 aliphatic rings. The van der Waals surface area contributed by atoms with E-state index in [2.05, 4.69) is 14.9 Å². The topological polar surface area (TPSA) is 72.1 Å². The number of anilines is 1. The monoisotopic (exact) mass is 282 g/mol. The summed E-state index contributed by atoms with van der Waals surface area (Å²) in [5.74, 6) is 1.28. The van der Waals surface area contributed by atoms with Crippen molar-refractivity contribution in [2.75, 3.05) is 18.0 Å². The van der Waals surface area contributed by atoms with E-state index in [9.17, 15) is 4.79 Å². The molecule has 1 saturated heterocycles. The molecule has 0 aromatic carbocycles. The maximum Gasteiger partial charge on any atom is 0.225 e. The number of rotatable bonds is 3. The SMILES string of the molecule is CCc1nc(Cl)c(C)c(N2CCC(C)(C(N)=O)C2)n1. The first-order chi connectivity index (χ1) is 8.87. The molecule has 1 aromatic heterocycles. The number of amides is 1. The van der Waals surface area contributed by atoms with Crippen molar-refractivity contribution in [3.63, 3.8) is 0 Å². The summed E-state index contributed by atoms with van der Waals surface area (Å²) >= 11 is 6.14. The van der Waals surface area contributed by atoms with Gasteiger partial charge in [-0.15, -0.1) is 0 Å². The molecule has 6 heteroatoms. The molecule has 1 unspecified atom stereocenters. The highest BCUT2D eigenvalue weighted by Gasteiger charge is 2.40. The minimum atomic E-state index is -0.490. The summed E-state index contributed by atoms with van der Waals surface area (Å²) in [6, 6.07) is 0. The molecule has 1 fully saturated rings. The van der Waals surface area contributed by atoms with E-state index in [0.29, 0.717) is 11.7 Å². The highest BCUT2D eigenvalue weighted by Crippen LogP contribution is 2.34. The molecular weight excluding hydrogens is 264 g/mol. The quantitative estimate of drug-likeness (QED) is 0.857. The van der Waals surface area contributed by atoms with Crippen LogP contribution in [0.4, 0.5) is 5.82 Å². The second kappa shape index (κ2) is 4.96. The molecule has 0 saturated carbocycles. The van der Waals surface area contributed by atoms with Gasteiger partial charge in [0, 0.05) is 25.1 Å². The van der Waals surface area contributed by atoms with E-state index in [4.69, 9.17) is 17.3 Å². The Morgan fingerprint density at radius 3 is 2.74 bits per heavy atom. The Kier molecular flexibility index (Phi) is 3.67. The number of carbonyl (C=O) groups excluding carboxylic acids is 1. The summed E-state index contributed by atoms with van der Waals surface area (Å²) in [7, 11) is 0. The Morgan fingerprint density at radius 1 is 1.53 bits per heavy atom. The molecule has 0 aliphatic carbocycles. The van der Waals surface area contributed by atoms with Gasteiger partial charge in [0.15, 0.2) is 0 Å². The average molecular weight is 283 g/mol. The number of aromatic nitrogens is 2. The van der Waals surface area contributed by atoms with Crippen LogP contribution in [0, 0.1) is 12.3 Å². The van der Waals surface area contributed by atoms with Crippen LogP contribution in [0.1, 0.15) is 31.7 Å². The van der Waals surface area contributed by atoms with Crippen molar-refractivity contribution < 1.29 is 4.79 Å². The van der Waals surface area contributed by atoms with Crippen molar-refractivity contribution in [3.05, 3.63) is 16.5 Å². The Morgan fingerprint density at radius 2 is 2.21 bits per heavy atom. The maximum absolute atomic E-state index is 11.5. The van der Waals surface area contributed by atoms with Crippen LogP contribution < -0.4 is 10.6 Å². The normalized spacial score (nSPS) is 22.8. The Balaban J connectivity index is 2.34. The Labute approximate surface area is 118 Å². The summed E-state index contributed by atoms with van der Waals surface area (Å²) < 4.78 is 0. The van der Waals surface area contributed by atoms with E-state index >= 15 is 0 Å². The second-order valence-corrected chi connectivity index (χ2v) is 5.69. The molecule has 5 nitrogen and oxygen atoms in total. The van der Waals surface area contributed by atoms with E-state index in [1.54, 1.807) is 0 Å². The molecule has 2 heterocycles. The van der Waals surface area contributed by atoms with Crippen LogP contribution in [0.2, 0.25) is 5.15 Å². The number of nitrogens with zero attached hydrogens (tertiary/aromatic N) is 3. The van der Waals surface area contributed by atoms with Gasteiger partial charge in [0.25, 0.3) is 0 Å². The predicted octanol–water partition coefficient (Wildman–Crippen LogP) is 1.70. The number of primary amides is 1. The van der Waals surface area contributed by atoms with Crippen LogP contribution in [-0.2, 0) is 11.2 Å². The molecule has 19 heavy (non-hydrogen) atoms. The minimum Gasteiger partial charge on any atom is -0.369 e. The number of aryl methyl sites for hydroxylation is 1. The molecule has 1 amide bonds. The van der Waals surface area contributed by atoms with Crippen LogP contribution in [0.25, 0.3) is 0 Å². The van der Waals surface area contributed by atoms with Gasteiger partial charge in [-0.2, -0.15) is 0 Å². The van der Waals surface area contributed by atoms with Crippen molar-refractivity contribution in [1.82, 2.24) is 9.97 Å². The molecule has 104 valence electrons. The Hall–Kier alpha value is -1.36. The van der Waals surface area contributed by atoms with Gasteiger partial charge >= 0.3 is 0 Å². The summed E-state index contributed by atoms with van der Waals surface area (Å²) in [6.07, 6.45) is 1.47. The van der Waals surface area contributed by atoms with Crippen molar-refractivity contribution in [2.45, 2.75) is 33.6 Å². The zero-order chi connectivity index (χ0) is 14.2. The summed E-state index contributed by atoms with van der Waals surface area (Å²) in [5.41, 5.74) is 5.84. The van der Waals surface area contributed by atoms with Gasteiger partial charge in [-0.3, -0.25) is 4.79 Å². The van der Waals surface area contributed by atoms with Gasteiger partial charge in [-0.05, 0) is 20.3 Å². The standard InChI is InChI=1S/C13H19ClN4O/c1-4-9-16-10(14)8(2)11(17-9)18-6-5-13(3,7-18)12(15)19/h4-7H2,1-3H3,(H2,15,19). The highest BCUT2D eigenvalue weighted by atomic mass is 35.5. The average Bonchev–Trinajstić information content (AvgIpc) is 2.76. The van der Waals surface area contributed by atoms with E-state index in [1.807, 2.05) is 20.8 Å². The summed E-state index contributed by atoms with van der Waals surface area (Å²) in [5, 5.41) is 0.481. The third kappa shape index (κ3) is 2.52. The lowest BCUT2D eigenvalue weighted by Crippen LogP contribution is -2.37. The zero-order valence-electron chi connectivity index (χ0n) is 11.5. The first-order valence-electron chi connectivity index (χ1n) is 6.45. The van der Waals surface area contributed by atoms with Crippen LogP contribution in [-0.4, -0.2) is 29.0 Å². The van der Waals surface area contributed by atoms with E-state index < -0.39 is 5.41 Å². The van der Waals surface area contributed by atoms with Crippen molar-refractivity contribution in [3.8, 4) is 0 Å². The van der Waals surface area contributed by atoms with Gasteiger partial charge in [0.2, 0.25) is 5.91 Å². The summed E-state index contributed by atoms with van der Waals surface area (Å²) in [4.78, 5) is 22.4. The largest absolute Gasteiger partial charge is 0.369 e. The minimum absolute atomic E-state index is 0.261. The molecule has 2 rings (SSSR count). The predicted molar refractivity (Wildman–Crippen MR) is 75.3 cm³/mol. The van der Waals surface area contributed by atoms with Crippen molar-refractivity contribution in [1.29, 1.82) is 0 Å². The fraction of sp³-hybridized carbons (Fsp3) is 0.615. The fourth-order valence-electron chi connectivity index (χ4n) is 2.33. The first-order valence-corrected chi connectivity index (χ1v) is 6.83. The maximum atomic E-state index is 11.5. The fourth-order valence-corrected chi connectivity index (χ4v) is 2.51. The third-order valence-corrected chi connectivity index (χ3v) is 4.16. The molecule has 0 radical (unpaired) electrons. The molecule has 0 bridgehead atoms. The van der Waals surface area contributed by atoms with Crippen molar-refractivity contribution in [2.24, 2.45) is 11.1 Å². The number of nitrogens with two attached hydrogens (primary N) is 1. The molecule has 2 N–H and O–H groups in total. The van der Waals surface area contributed by atoms with Crippen molar-refractivity contribution >= 4 is 23.3 Å². The second-order valence-electron chi connectivity index (χ2n) is 5.33. The smallest absolute Gasteiger partial charge is 0.225 e. The van der Waals surface area contributed by atoms with Gasteiger partial charge in [-0.1, -0.05) is 18.5 Å². The highest BCUT2D eigenvalue weighted by molar-refractivity contribution is 6.30. The molecular formula is C13H19ClN4O. The van der Waals surface area contributed by atoms with Crippen LogP contribution in [0.5, 0.6) is 0 Å². The van der Waals surface area contributed by atoms with Gasteiger partial charge in [0.05, 0.1) is 5.41 Å². The number of carbonyl (C=O) groups is 1. The van der Waals surface area contributed by atoms with E-state index in [-0.39, 0.29) is 5.91 Å². The molecule has 0 spiro atoms. The third-order valence-electron chi connectivity index (χ3n) is 3.79. The number of halogens is 1. The van der Waals surface area contributed by atoms with Gasteiger partial charge < -0.3 is 10.6 Å². The summed E-state index contributed by atoms with van der Waals surface area (Å²) in [6.45, 7) is 7.13. The number of hydrogen-bond acceptors (Lipinski definition) is 4. The molecule has 1 aliphatic heterocycles. The molecule has 1 atom stereocenters. The van der Waals surface area contributed by atoms with E-state index in [0.717, 1.165) is 36.6 Å². The van der Waals surface area contributed by atoms with Gasteiger partial charge in [0.1, 0.15) is 16.8 Å². The van der Waals surface area contributed by atoms with Crippen LogP contribution in [0.3, 0.4) is 0 Å².